The topological polar surface area (TPSA) is 46.1 Å². The minimum Gasteiger partial charge on any atom is -0.352 e. The number of nitrogens with zero attached hydrogens (tertiary/aromatic N) is 1. The molecule has 4 nitrogen and oxygen atoms in total. The largest absolute Gasteiger partial charge is 0.352 e. The highest BCUT2D eigenvalue weighted by atomic mass is 16.2. The Balaban J connectivity index is 2.42. The fraction of sp³-hybridized carbons (Fsp3) is 0.643. The zero-order chi connectivity index (χ0) is 13.9. The number of aryl methyl sites for hydroxylation is 1. The van der Waals surface area contributed by atoms with Crippen LogP contribution in [-0.2, 0) is 18.4 Å². The van der Waals surface area contributed by atoms with Gasteiger partial charge in [0.15, 0.2) is 0 Å². The van der Waals surface area contributed by atoms with Crippen molar-refractivity contribution in [3.05, 3.63) is 23.0 Å². The molecule has 0 bridgehead atoms. The van der Waals surface area contributed by atoms with Gasteiger partial charge in [0.1, 0.15) is 0 Å². The van der Waals surface area contributed by atoms with E-state index < -0.39 is 0 Å². The van der Waals surface area contributed by atoms with E-state index in [-0.39, 0.29) is 11.4 Å². The molecular weight excluding hydrogens is 226 g/mol. The first-order valence-corrected chi connectivity index (χ1v) is 6.34. The van der Waals surface area contributed by atoms with Crippen molar-refractivity contribution in [3.63, 3.8) is 0 Å². The quantitative estimate of drug-likeness (QED) is 0.854. The fourth-order valence-electron chi connectivity index (χ4n) is 1.89. The van der Waals surface area contributed by atoms with Crippen LogP contribution in [0.4, 0.5) is 0 Å². The van der Waals surface area contributed by atoms with Gasteiger partial charge in [0, 0.05) is 30.5 Å². The van der Waals surface area contributed by atoms with E-state index in [4.69, 9.17) is 0 Å². The molecule has 0 spiro atoms. The van der Waals surface area contributed by atoms with E-state index in [1.54, 1.807) is 0 Å². The molecule has 0 aliphatic carbocycles. The van der Waals surface area contributed by atoms with Gasteiger partial charge in [-0.1, -0.05) is 0 Å². The molecule has 0 saturated heterocycles. The van der Waals surface area contributed by atoms with E-state index in [2.05, 4.69) is 42.2 Å². The first kappa shape index (κ1) is 14.8. The van der Waals surface area contributed by atoms with Crippen LogP contribution in [0.1, 0.15) is 37.7 Å². The van der Waals surface area contributed by atoms with Gasteiger partial charge < -0.3 is 15.2 Å². The Morgan fingerprint density at radius 3 is 2.39 bits per heavy atom. The molecule has 4 heteroatoms. The molecular formula is C14H25N3O. The molecule has 0 aliphatic heterocycles. The summed E-state index contributed by atoms with van der Waals surface area (Å²) in [6.07, 6.45) is 0. The third kappa shape index (κ3) is 4.18. The highest BCUT2D eigenvalue weighted by Crippen LogP contribution is 2.12. The minimum atomic E-state index is -0.169. The summed E-state index contributed by atoms with van der Waals surface area (Å²) < 4.78 is 2.16. The second-order valence-electron chi connectivity index (χ2n) is 5.86. The Labute approximate surface area is 110 Å². The molecule has 102 valence electrons. The number of carbonyl (C=O) groups excluding carboxylic acids is 1. The zero-order valence-electron chi connectivity index (χ0n) is 12.3. The molecule has 0 aromatic carbocycles. The number of carbonyl (C=O) groups is 1. The van der Waals surface area contributed by atoms with Crippen LogP contribution in [0.15, 0.2) is 6.07 Å². The SMILES string of the molecule is Cc1cc(CNCC(=O)NC(C)(C)C)c(C)n1C. The Morgan fingerprint density at radius 1 is 1.33 bits per heavy atom. The highest BCUT2D eigenvalue weighted by molar-refractivity contribution is 5.78. The maximum absolute atomic E-state index is 11.6. The van der Waals surface area contributed by atoms with Gasteiger partial charge in [-0.05, 0) is 46.2 Å². The molecule has 0 fully saturated rings. The first-order valence-electron chi connectivity index (χ1n) is 6.34. The van der Waals surface area contributed by atoms with Crippen molar-refractivity contribution in [2.24, 2.45) is 7.05 Å². The monoisotopic (exact) mass is 251 g/mol. The normalized spacial score (nSPS) is 11.7. The second kappa shape index (κ2) is 5.57. The van der Waals surface area contributed by atoms with Gasteiger partial charge >= 0.3 is 0 Å². The summed E-state index contributed by atoms with van der Waals surface area (Å²) in [5.74, 6) is 0.0350. The number of amides is 1. The molecule has 1 rings (SSSR count). The predicted octanol–water partition coefficient (Wildman–Crippen LogP) is 1.65. The Bertz CT molecular complexity index is 427. The van der Waals surface area contributed by atoms with Crippen LogP contribution in [-0.4, -0.2) is 22.6 Å². The van der Waals surface area contributed by atoms with Crippen LogP contribution in [0.5, 0.6) is 0 Å². The van der Waals surface area contributed by atoms with Crippen molar-refractivity contribution in [2.45, 2.75) is 46.7 Å². The first-order chi connectivity index (χ1) is 8.20. The van der Waals surface area contributed by atoms with E-state index in [0.717, 1.165) is 6.54 Å². The number of hydrogen-bond donors (Lipinski definition) is 2. The lowest BCUT2D eigenvalue weighted by molar-refractivity contribution is -0.121. The summed E-state index contributed by atoms with van der Waals surface area (Å²) in [7, 11) is 2.06. The molecule has 1 aromatic heterocycles. The number of nitrogens with one attached hydrogen (secondary N) is 2. The van der Waals surface area contributed by atoms with Gasteiger partial charge in [0.25, 0.3) is 0 Å². The summed E-state index contributed by atoms with van der Waals surface area (Å²) in [5.41, 5.74) is 3.57. The van der Waals surface area contributed by atoms with Crippen molar-refractivity contribution in [2.75, 3.05) is 6.54 Å². The lowest BCUT2D eigenvalue weighted by Crippen LogP contribution is -2.44. The van der Waals surface area contributed by atoms with E-state index in [1.807, 2.05) is 20.8 Å². The summed E-state index contributed by atoms with van der Waals surface area (Å²) in [5, 5.41) is 6.11. The molecule has 0 aliphatic rings. The van der Waals surface area contributed by atoms with Crippen molar-refractivity contribution < 1.29 is 4.79 Å². The second-order valence-corrected chi connectivity index (χ2v) is 5.86. The summed E-state index contributed by atoms with van der Waals surface area (Å²) >= 11 is 0. The van der Waals surface area contributed by atoms with Gasteiger partial charge in [-0.25, -0.2) is 0 Å². The molecule has 1 amide bonds. The van der Waals surface area contributed by atoms with Crippen LogP contribution in [0.25, 0.3) is 0 Å². The molecule has 0 atom stereocenters. The van der Waals surface area contributed by atoms with Crippen LogP contribution in [0, 0.1) is 13.8 Å². The summed E-state index contributed by atoms with van der Waals surface area (Å²) in [6, 6.07) is 2.16. The minimum absolute atomic E-state index is 0.0350. The van der Waals surface area contributed by atoms with Gasteiger partial charge in [0.05, 0.1) is 6.54 Å². The van der Waals surface area contributed by atoms with E-state index in [9.17, 15) is 4.79 Å². The van der Waals surface area contributed by atoms with Crippen LogP contribution in [0.3, 0.4) is 0 Å². The average molecular weight is 251 g/mol. The average Bonchev–Trinajstić information content (AvgIpc) is 2.44. The lowest BCUT2D eigenvalue weighted by Gasteiger charge is -2.20. The van der Waals surface area contributed by atoms with Crippen LogP contribution >= 0.6 is 0 Å². The molecule has 1 heterocycles. The van der Waals surface area contributed by atoms with Gasteiger partial charge in [-0.3, -0.25) is 4.79 Å². The lowest BCUT2D eigenvalue weighted by atomic mass is 10.1. The highest BCUT2D eigenvalue weighted by Gasteiger charge is 2.13. The smallest absolute Gasteiger partial charge is 0.234 e. The zero-order valence-corrected chi connectivity index (χ0v) is 12.3. The number of hydrogen-bond acceptors (Lipinski definition) is 2. The van der Waals surface area contributed by atoms with Crippen molar-refractivity contribution in [1.29, 1.82) is 0 Å². The predicted molar refractivity (Wildman–Crippen MR) is 74.5 cm³/mol. The van der Waals surface area contributed by atoms with Gasteiger partial charge in [-0.15, -0.1) is 0 Å². The Morgan fingerprint density at radius 2 is 1.94 bits per heavy atom. The summed E-state index contributed by atoms with van der Waals surface area (Å²) in [4.78, 5) is 11.6. The number of aromatic nitrogens is 1. The maximum Gasteiger partial charge on any atom is 0.234 e. The third-order valence-electron chi connectivity index (χ3n) is 3.00. The standard InChI is InChI=1S/C14H25N3O/c1-10-7-12(11(2)17(10)6)8-15-9-13(18)16-14(3,4)5/h7,15H,8-9H2,1-6H3,(H,16,18). The van der Waals surface area contributed by atoms with E-state index >= 15 is 0 Å². The maximum atomic E-state index is 11.6. The van der Waals surface area contributed by atoms with Crippen LogP contribution in [0.2, 0.25) is 0 Å². The van der Waals surface area contributed by atoms with Crippen molar-refractivity contribution in [3.8, 4) is 0 Å². The van der Waals surface area contributed by atoms with Crippen LogP contribution < -0.4 is 10.6 Å². The van der Waals surface area contributed by atoms with E-state index in [0.29, 0.717) is 6.54 Å². The third-order valence-corrected chi connectivity index (χ3v) is 3.00. The van der Waals surface area contributed by atoms with Gasteiger partial charge in [-0.2, -0.15) is 0 Å². The Kier molecular flexibility index (Phi) is 4.57. The fourth-order valence-corrected chi connectivity index (χ4v) is 1.89. The molecule has 0 unspecified atom stereocenters. The van der Waals surface area contributed by atoms with Gasteiger partial charge in [0.2, 0.25) is 5.91 Å². The molecule has 1 aromatic rings. The summed E-state index contributed by atoms with van der Waals surface area (Å²) in [6.45, 7) is 11.2. The molecule has 0 radical (unpaired) electrons. The molecule has 18 heavy (non-hydrogen) atoms. The number of rotatable bonds is 4. The van der Waals surface area contributed by atoms with Crippen molar-refractivity contribution >= 4 is 5.91 Å². The van der Waals surface area contributed by atoms with E-state index in [1.165, 1.54) is 17.0 Å². The molecule has 2 N–H and O–H groups in total. The van der Waals surface area contributed by atoms with Crippen molar-refractivity contribution in [1.82, 2.24) is 15.2 Å². The molecule has 0 saturated carbocycles. The Hall–Kier alpha value is -1.29.